The molecule has 4 aromatic rings. The molecule has 0 bridgehead atoms. The Morgan fingerprint density at radius 3 is 2.52 bits per heavy atom. The number of benzene rings is 2. The summed E-state index contributed by atoms with van der Waals surface area (Å²) in [5, 5.41) is 6.66. The smallest absolute Gasteiger partial charge is 0.257 e. The van der Waals surface area contributed by atoms with Gasteiger partial charge >= 0.3 is 0 Å². The third-order valence-corrected chi connectivity index (χ3v) is 5.41. The van der Waals surface area contributed by atoms with Crippen molar-refractivity contribution >= 4 is 34.2 Å². The molecular weight excluding hydrogens is 420 g/mol. The highest BCUT2D eigenvalue weighted by Gasteiger charge is 2.16. The highest BCUT2D eigenvalue weighted by atomic mass is 16.6. The van der Waals surface area contributed by atoms with Crippen LogP contribution in [0.15, 0.2) is 54.7 Å². The number of carbonyl (C=O) groups is 2. The molecule has 0 saturated carbocycles. The van der Waals surface area contributed by atoms with Gasteiger partial charge in [-0.05, 0) is 61.9 Å². The summed E-state index contributed by atoms with van der Waals surface area (Å²) in [6.07, 6.45) is 1.54. The standard InChI is InChI=1S/C25H22N4O4/c1-14-3-5-19(28-24(30)16-4-6-21-22(11-16)33-8-7-32-21)12-20(14)29-25(31)18-10-17-9-15(2)27-23(17)26-13-18/h3-6,9-13H,7-8H2,1-2H3,(H,26,27)(H,28,30)(H,29,31). The first-order chi connectivity index (χ1) is 16.0. The Labute approximate surface area is 189 Å². The molecule has 2 amide bonds. The van der Waals surface area contributed by atoms with Gasteiger partial charge in [-0.15, -0.1) is 0 Å². The third kappa shape index (κ3) is 4.23. The van der Waals surface area contributed by atoms with E-state index in [2.05, 4.69) is 20.6 Å². The van der Waals surface area contributed by atoms with Crippen LogP contribution in [0.3, 0.4) is 0 Å². The fourth-order valence-electron chi connectivity index (χ4n) is 3.69. The van der Waals surface area contributed by atoms with Gasteiger partial charge < -0.3 is 25.1 Å². The summed E-state index contributed by atoms with van der Waals surface area (Å²) in [6.45, 7) is 4.77. The Bertz CT molecular complexity index is 1390. The van der Waals surface area contributed by atoms with E-state index in [0.717, 1.165) is 22.3 Å². The van der Waals surface area contributed by atoms with E-state index < -0.39 is 0 Å². The van der Waals surface area contributed by atoms with Crippen LogP contribution in [0.4, 0.5) is 11.4 Å². The molecule has 8 nitrogen and oxygen atoms in total. The summed E-state index contributed by atoms with van der Waals surface area (Å²) < 4.78 is 11.1. The van der Waals surface area contributed by atoms with Gasteiger partial charge in [-0.1, -0.05) is 6.07 Å². The Hall–Kier alpha value is -4.33. The quantitative estimate of drug-likeness (QED) is 0.433. The number of aromatic amines is 1. The van der Waals surface area contributed by atoms with E-state index >= 15 is 0 Å². The predicted molar refractivity (Wildman–Crippen MR) is 125 cm³/mol. The average molecular weight is 442 g/mol. The molecule has 8 heteroatoms. The molecule has 0 radical (unpaired) electrons. The summed E-state index contributed by atoms with van der Waals surface area (Å²) in [6, 6.07) is 14.2. The maximum Gasteiger partial charge on any atom is 0.257 e. The van der Waals surface area contributed by atoms with Gasteiger partial charge in [0.15, 0.2) is 11.5 Å². The predicted octanol–water partition coefficient (Wildman–Crippen LogP) is 4.46. The van der Waals surface area contributed by atoms with Crippen LogP contribution in [0.25, 0.3) is 11.0 Å². The lowest BCUT2D eigenvalue weighted by molar-refractivity contribution is 0.101. The van der Waals surface area contributed by atoms with Crippen LogP contribution in [0.1, 0.15) is 32.0 Å². The zero-order chi connectivity index (χ0) is 22.9. The summed E-state index contributed by atoms with van der Waals surface area (Å²) >= 11 is 0. The van der Waals surface area contributed by atoms with Crippen LogP contribution >= 0.6 is 0 Å². The normalized spacial score (nSPS) is 12.4. The van der Waals surface area contributed by atoms with Crippen molar-refractivity contribution in [2.75, 3.05) is 23.8 Å². The second-order valence-corrected chi connectivity index (χ2v) is 7.91. The minimum Gasteiger partial charge on any atom is -0.486 e. The van der Waals surface area contributed by atoms with Crippen LogP contribution in [0, 0.1) is 13.8 Å². The van der Waals surface area contributed by atoms with Crippen molar-refractivity contribution in [3.05, 3.63) is 77.1 Å². The number of amides is 2. The number of nitrogens with zero attached hydrogens (tertiary/aromatic N) is 1. The number of hydrogen-bond acceptors (Lipinski definition) is 5. The highest BCUT2D eigenvalue weighted by Crippen LogP contribution is 2.31. The van der Waals surface area contributed by atoms with Crippen LogP contribution in [0.5, 0.6) is 11.5 Å². The SMILES string of the molecule is Cc1cc2cc(C(=O)Nc3cc(NC(=O)c4ccc5c(c4)OCCO5)ccc3C)cnc2[nH]1. The van der Waals surface area contributed by atoms with Gasteiger partial charge in [-0.25, -0.2) is 4.98 Å². The van der Waals surface area contributed by atoms with Crippen molar-refractivity contribution in [1.29, 1.82) is 0 Å². The number of fused-ring (bicyclic) bond motifs is 2. The number of ether oxygens (including phenoxy) is 2. The summed E-state index contributed by atoms with van der Waals surface area (Å²) in [5.41, 5.74) is 4.65. The minimum absolute atomic E-state index is 0.276. The van der Waals surface area contributed by atoms with Gasteiger partial charge in [-0.2, -0.15) is 0 Å². The second kappa shape index (κ2) is 8.31. The monoisotopic (exact) mass is 442 g/mol. The van der Waals surface area contributed by atoms with E-state index in [-0.39, 0.29) is 11.8 Å². The molecule has 0 aliphatic carbocycles. The Morgan fingerprint density at radius 2 is 1.67 bits per heavy atom. The lowest BCUT2D eigenvalue weighted by Crippen LogP contribution is -2.17. The van der Waals surface area contributed by atoms with Crippen molar-refractivity contribution in [2.45, 2.75) is 13.8 Å². The van der Waals surface area contributed by atoms with Gasteiger partial charge in [-0.3, -0.25) is 9.59 Å². The molecule has 0 unspecified atom stereocenters. The van der Waals surface area contributed by atoms with Gasteiger partial charge in [0.25, 0.3) is 11.8 Å². The number of aromatic nitrogens is 2. The van der Waals surface area contributed by atoms with Crippen molar-refractivity contribution in [3.8, 4) is 11.5 Å². The third-order valence-electron chi connectivity index (χ3n) is 5.41. The zero-order valence-electron chi connectivity index (χ0n) is 18.2. The highest BCUT2D eigenvalue weighted by molar-refractivity contribution is 6.07. The molecule has 0 fully saturated rings. The number of aryl methyl sites for hydroxylation is 2. The molecule has 5 rings (SSSR count). The Kier molecular flexibility index (Phi) is 5.18. The maximum atomic E-state index is 12.8. The van der Waals surface area contributed by atoms with Crippen LogP contribution in [-0.2, 0) is 0 Å². The lowest BCUT2D eigenvalue weighted by Gasteiger charge is -2.18. The molecule has 0 saturated heterocycles. The largest absolute Gasteiger partial charge is 0.486 e. The summed E-state index contributed by atoms with van der Waals surface area (Å²) in [5.74, 6) is 0.613. The number of pyridine rings is 1. The number of H-pyrrole nitrogens is 1. The van der Waals surface area contributed by atoms with Crippen molar-refractivity contribution in [1.82, 2.24) is 9.97 Å². The van der Waals surface area contributed by atoms with Crippen molar-refractivity contribution in [2.24, 2.45) is 0 Å². The first-order valence-corrected chi connectivity index (χ1v) is 10.5. The molecule has 0 atom stereocenters. The molecular formula is C25H22N4O4. The molecule has 1 aliphatic rings. The van der Waals surface area contributed by atoms with Crippen LogP contribution in [-0.4, -0.2) is 35.0 Å². The van der Waals surface area contributed by atoms with Gasteiger partial charge in [0.2, 0.25) is 0 Å². The molecule has 3 N–H and O–H groups in total. The topological polar surface area (TPSA) is 105 Å². The number of rotatable bonds is 4. The Balaban J connectivity index is 1.33. The number of hydrogen-bond donors (Lipinski definition) is 3. The Morgan fingerprint density at radius 1 is 0.879 bits per heavy atom. The van der Waals surface area contributed by atoms with E-state index in [1.165, 1.54) is 6.20 Å². The lowest BCUT2D eigenvalue weighted by atomic mass is 10.1. The number of anilines is 2. The van der Waals surface area contributed by atoms with E-state index in [1.807, 2.05) is 26.0 Å². The molecule has 2 aromatic heterocycles. The molecule has 0 spiro atoms. The number of nitrogens with one attached hydrogen (secondary N) is 3. The van der Waals surface area contributed by atoms with Gasteiger partial charge in [0.05, 0.1) is 5.56 Å². The van der Waals surface area contributed by atoms with E-state index in [0.29, 0.717) is 47.2 Å². The fraction of sp³-hybridized carbons (Fsp3) is 0.160. The molecule has 33 heavy (non-hydrogen) atoms. The average Bonchev–Trinajstić information content (AvgIpc) is 3.20. The maximum absolute atomic E-state index is 12.8. The van der Waals surface area contributed by atoms with Crippen LogP contribution < -0.4 is 20.1 Å². The van der Waals surface area contributed by atoms with E-state index in [9.17, 15) is 9.59 Å². The molecule has 1 aliphatic heterocycles. The summed E-state index contributed by atoms with van der Waals surface area (Å²) in [4.78, 5) is 33.1. The van der Waals surface area contributed by atoms with Crippen molar-refractivity contribution < 1.29 is 19.1 Å². The minimum atomic E-state index is -0.286. The first kappa shape index (κ1) is 20.6. The van der Waals surface area contributed by atoms with Gasteiger partial charge in [0, 0.05) is 34.2 Å². The van der Waals surface area contributed by atoms with Crippen molar-refractivity contribution in [3.63, 3.8) is 0 Å². The zero-order valence-corrected chi connectivity index (χ0v) is 18.2. The first-order valence-electron chi connectivity index (χ1n) is 10.5. The van der Waals surface area contributed by atoms with Crippen LogP contribution in [0.2, 0.25) is 0 Å². The molecule has 166 valence electrons. The van der Waals surface area contributed by atoms with E-state index in [1.54, 1.807) is 36.4 Å². The fourth-order valence-corrected chi connectivity index (χ4v) is 3.69. The van der Waals surface area contributed by atoms with E-state index in [4.69, 9.17) is 9.47 Å². The van der Waals surface area contributed by atoms with Gasteiger partial charge in [0.1, 0.15) is 18.9 Å². The number of carbonyl (C=O) groups excluding carboxylic acids is 2. The molecule has 2 aromatic carbocycles. The summed E-state index contributed by atoms with van der Waals surface area (Å²) in [7, 11) is 0. The second-order valence-electron chi connectivity index (χ2n) is 7.91. The molecule has 3 heterocycles.